The monoisotopic (exact) mass is 1250 g/mol. The van der Waals surface area contributed by atoms with E-state index in [9.17, 15) is 24.3 Å². The third-order valence-corrected chi connectivity index (χ3v) is 19.0. The Morgan fingerprint density at radius 1 is 0.250 bits per heavy atom. The van der Waals surface area contributed by atoms with Crippen LogP contribution in [-0.2, 0) is 38.1 Å². The van der Waals surface area contributed by atoms with Crippen molar-refractivity contribution in [2.45, 2.75) is 389 Å². The van der Waals surface area contributed by atoms with E-state index in [0.29, 0.717) is 6.54 Å². The smallest absolute Gasteiger partial charge is 0.308 e. The topological polar surface area (TPSA) is 129 Å². The molecule has 0 amide bonds. The Balaban J connectivity index is 6.26. The molecule has 0 aliphatic carbocycles. The van der Waals surface area contributed by atoms with Crippen molar-refractivity contribution in [2.24, 2.45) is 35.5 Å². The lowest BCUT2D eigenvalue weighted by Crippen LogP contribution is -2.30. The van der Waals surface area contributed by atoms with Gasteiger partial charge in [-0.2, -0.15) is 0 Å². The number of carbonyl (C=O) groups is 4. The van der Waals surface area contributed by atoms with Gasteiger partial charge in [-0.15, -0.1) is 0 Å². The number of esters is 4. The normalized spacial score (nSPS) is 13.8. The Hall–Kier alpha value is -2.20. The van der Waals surface area contributed by atoms with Gasteiger partial charge in [-0.05, 0) is 90.1 Å². The van der Waals surface area contributed by atoms with E-state index in [1.54, 1.807) is 0 Å². The average Bonchev–Trinajstić information content (AvgIpc) is 3.63. The number of hydrogen-bond acceptors (Lipinski definition) is 10. The zero-order valence-electron chi connectivity index (χ0n) is 60.1. The fraction of sp³-hybridized carbons (Fsp3) is 0.949. The van der Waals surface area contributed by atoms with Gasteiger partial charge in [-0.3, -0.25) is 19.2 Å². The molecule has 0 bridgehead atoms. The molecule has 10 nitrogen and oxygen atoms in total. The van der Waals surface area contributed by atoms with E-state index in [-0.39, 0.29) is 92.4 Å². The molecule has 0 saturated carbocycles. The van der Waals surface area contributed by atoms with Gasteiger partial charge in [0, 0.05) is 18.4 Å². The van der Waals surface area contributed by atoms with Crippen molar-refractivity contribution in [3.05, 3.63) is 0 Å². The van der Waals surface area contributed by atoms with Gasteiger partial charge in [-0.1, -0.05) is 312 Å². The second kappa shape index (κ2) is 66.3. The number of nitrogens with zero attached hydrogens (tertiary/aromatic N) is 1. The van der Waals surface area contributed by atoms with E-state index in [4.69, 9.17) is 18.9 Å². The third-order valence-electron chi connectivity index (χ3n) is 19.0. The molecule has 4 atom stereocenters. The fourth-order valence-electron chi connectivity index (χ4n) is 12.8. The molecule has 0 rings (SSSR count). The number of ether oxygens (including phenoxy) is 4. The highest BCUT2D eigenvalue weighted by molar-refractivity contribution is 5.73. The van der Waals surface area contributed by atoms with E-state index in [1.807, 2.05) is 0 Å². The lowest BCUT2D eigenvalue weighted by molar-refractivity contribution is -0.156. The summed E-state index contributed by atoms with van der Waals surface area (Å²) in [7, 11) is 0. The number of aliphatic hydroxyl groups excluding tert-OH is 1. The summed E-state index contributed by atoms with van der Waals surface area (Å²) >= 11 is 0. The van der Waals surface area contributed by atoms with Crippen molar-refractivity contribution in [3.8, 4) is 0 Å². The maximum atomic E-state index is 14.0. The average molecular weight is 1250 g/mol. The van der Waals surface area contributed by atoms with Gasteiger partial charge in [0.05, 0.1) is 56.7 Å². The molecule has 0 spiro atoms. The summed E-state index contributed by atoms with van der Waals surface area (Å²) in [5, 5.41) is 10.3. The van der Waals surface area contributed by atoms with E-state index in [2.05, 4.69) is 60.3 Å². The van der Waals surface area contributed by atoms with Crippen molar-refractivity contribution in [1.29, 1.82) is 0 Å². The summed E-state index contributed by atoms with van der Waals surface area (Å²) in [6.07, 6.45) is 56.6. The summed E-state index contributed by atoms with van der Waals surface area (Å²) < 4.78 is 25.1. The van der Waals surface area contributed by atoms with Crippen LogP contribution in [0.3, 0.4) is 0 Å². The summed E-state index contributed by atoms with van der Waals surface area (Å²) in [4.78, 5) is 58.2. The standard InChI is InChI=1S/C78H151NO9/c1-9-17-25-33-37-45-59-73(55-41-31-23-15-7)77(83)87-67-70(68-88-78(84)74(56-42-32-24-16-8)60-46-38-34-26-18-10-2)52-48-50-62-79(63-64-80)61-49-47-51-69(65-85-75(81)71(53-39-29-21-13-5)57-43-35-27-19-11-3)66-86-76(82)72(54-40-30-22-14-6)58-44-36-28-20-12-4/h69-74,80H,9-68H2,1-8H3. The molecule has 0 saturated heterocycles. The first-order chi connectivity index (χ1) is 43.1. The molecule has 0 aromatic carbocycles. The van der Waals surface area contributed by atoms with Crippen molar-refractivity contribution >= 4 is 23.9 Å². The minimum atomic E-state index is -0.0804. The van der Waals surface area contributed by atoms with Crippen LogP contribution < -0.4 is 0 Å². The van der Waals surface area contributed by atoms with Crippen LogP contribution in [0.15, 0.2) is 0 Å². The maximum absolute atomic E-state index is 14.0. The van der Waals surface area contributed by atoms with Gasteiger partial charge < -0.3 is 29.0 Å². The van der Waals surface area contributed by atoms with Crippen LogP contribution in [0.2, 0.25) is 0 Å². The molecule has 4 unspecified atom stereocenters. The number of hydrogen-bond donors (Lipinski definition) is 1. The summed E-state index contributed by atoms with van der Waals surface area (Å²) in [5.74, 6) is -0.770. The van der Waals surface area contributed by atoms with Gasteiger partial charge in [-0.25, -0.2) is 0 Å². The predicted molar refractivity (Wildman–Crippen MR) is 374 cm³/mol. The number of aliphatic hydroxyl groups is 1. The second-order valence-electron chi connectivity index (χ2n) is 27.5. The van der Waals surface area contributed by atoms with E-state index >= 15 is 0 Å². The van der Waals surface area contributed by atoms with Crippen LogP contribution >= 0.6 is 0 Å². The maximum Gasteiger partial charge on any atom is 0.308 e. The molecule has 0 radical (unpaired) electrons. The Bertz CT molecular complexity index is 1420. The molecular weight excluding hydrogens is 1090 g/mol. The van der Waals surface area contributed by atoms with Gasteiger partial charge in [0.25, 0.3) is 0 Å². The number of unbranched alkanes of at least 4 members (excludes halogenated alkanes) is 32. The third kappa shape index (κ3) is 52.3. The summed E-state index contributed by atoms with van der Waals surface area (Å²) in [6, 6.07) is 0. The quantitative estimate of drug-likeness (QED) is 0.0357. The molecule has 88 heavy (non-hydrogen) atoms. The van der Waals surface area contributed by atoms with Crippen molar-refractivity contribution in [2.75, 3.05) is 52.7 Å². The zero-order valence-corrected chi connectivity index (χ0v) is 60.1. The molecule has 522 valence electrons. The first kappa shape index (κ1) is 85.8. The van der Waals surface area contributed by atoms with E-state index < -0.39 is 0 Å². The Kier molecular flexibility index (Phi) is 64.6. The number of carbonyl (C=O) groups excluding carboxylic acids is 4. The summed E-state index contributed by atoms with van der Waals surface area (Å²) in [6.45, 7) is 21.3. The summed E-state index contributed by atoms with van der Waals surface area (Å²) in [5.41, 5.74) is 0. The van der Waals surface area contributed by atoms with Crippen LogP contribution in [0.4, 0.5) is 0 Å². The minimum absolute atomic E-state index is 0.0729. The van der Waals surface area contributed by atoms with Gasteiger partial charge >= 0.3 is 23.9 Å². The SMILES string of the molecule is CCCCCCCCC(CCCCCC)C(=O)OCC(CCCCN(CCO)CCCCC(COC(=O)C(CCCCCC)CCCCCCC)COC(=O)C(CCCCCC)CCCCCCC)COC(=O)C(CCCCCC)CCCCCCCC. The molecule has 0 aromatic rings. The van der Waals surface area contributed by atoms with Crippen molar-refractivity contribution < 1.29 is 43.2 Å². The minimum Gasteiger partial charge on any atom is -0.465 e. The molecule has 0 aliphatic rings. The van der Waals surface area contributed by atoms with Gasteiger partial charge in [0.15, 0.2) is 0 Å². The van der Waals surface area contributed by atoms with E-state index in [1.165, 1.54) is 141 Å². The first-order valence-electron chi connectivity index (χ1n) is 39.1. The van der Waals surface area contributed by atoms with Gasteiger partial charge in [0.2, 0.25) is 0 Å². The molecule has 0 aliphatic heterocycles. The molecule has 1 N–H and O–H groups in total. The Morgan fingerprint density at radius 3 is 0.636 bits per heavy atom. The van der Waals surface area contributed by atoms with Crippen LogP contribution in [0.5, 0.6) is 0 Å². The van der Waals surface area contributed by atoms with Crippen LogP contribution in [-0.4, -0.2) is 86.6 Å². The van der Waals surface area contributed by atoms with Crippen LogP contribution in [0, 0.1) is 35.5 Å². The highest BCUT2D eigenvalue weighted by atomic mass is 16.6. The largest absolute Gasteiger partial charge is 0.465 e. The lowest BCUT2D eigenvalue weighted by Gasteiger charge is -2.24. The molecule has 0 fully saturated rings. The predicted octanol–water partition coefficient (Wildman–Crippen LogP) is 22.6. The molecular formula is C78H151NO9. The second-order valence-corrected chi connectivity index (χ2v) is 27.5. The Labute approximate surface area is 546 Å². The molecule has 0 aromatic heterocycles. The molecule has 0 heterocycles. The molecule has 10 heteroatoms. The van der Waals surface area contributed by atoms with Crippen molar-refractivity contribution in [3.63, 3.8) is 0 Å². The fourth-order valence-corrected chi connectivity index (χ4v) is 12.8. The van der Waals surface area contributed by atoms with E-state index in [0.717, 1.165) is 206 Å². The van der Waals surface area contributed by atoms with Crippen molar-refractivity contribution in [1.82, 2.24) is 4.90 Å². The lowest BCUT2D eigenvalue weighted by atomic mass is 9.94. The van der Waals surface area contributed by atoms with Gasteiger partial charge in [0.1, 0.15) is 0 Å². The van der Waals surface area contributed by atoms with Crippen LogP contribution in [0.1, 0.15) is 389 Å². The number of rotatable bonds is 70. The zero-order chi connectivity index (χ0) is 64.6. The van der Waals surface area contributed by atoms with Crippen LogP contribution in [0.25, 0.3) is 0 Å². The highest BCUT2D eigenvalue weighted by Gasteiger charge is 2.27. The first-order valence-corrected chi connectivity index (χ1v) is 39.1. The Morgan fingerprint density at radius 2 is 0.432 bits per heavy atom. The highest BCUT2D eigenvalue weighted by Crippen LogP contribution is 2.27.